The fraction of sp³-hybridized carbons (Fsp3) is 0.176. The van der Waals surface area contributed by atoms with Crippen molar-refractivity contribution in [2.24, 2.45) is 0 Å². The summed E-state index contributed by atoms with van der Waals surface area (Å²) in [6.45, 7) is -0.0722. The van der Waals surface area contributed by atoms with E-state index in [4.69, 9.17) is 4.74 Å². The van der Waals surface area contributed by atoms with Crippen molar-refractivity contribution in [1.29, 1.82) is 0 Å². The van der Waals surface area contributed by atoms with Gasteiger partial charge in [-0.2, -0.15) is 0 Å². The standard InChI is InChI=1S/C17H17BrN2O3S/c1-20(2)17(22)24-15-9-5-13(6-10-15)19-16(21)11-23-14-7-3-12(18)4-8-14/h3-10H,11H2,1-2H3,(H,19,21). The van der Waals surface area contributed by atoms with Crippen molar-refractivity contribution in [1.82, 2.24) is 4.90 Å². The van der Waals surface area contributed by atoms with Gasteiger partial charge in [0.25, 0.3) is 11.1 Å². The summed E-state index contributed by atoms with van der Waals surface area (Å²) >= 11 is 4.47. The van der Waals surface area contributed by atoms with Gasteiger partial charge in [-0.15, -0.1) is 0 Å². The van der Waals surface area contributed by atoms with Gasteiger partial charge in [-0.3, -0.25) is 9.59 Å². The van der Waals surface area contributed by atoms with E-state index in [0.29, 0.717) is 11.4 Å². The Hall–Kier alpha value is -1.99. The van der Waals surface area contributed by atoms with Crippen LogP contribution in [-0.2, 0) is 4.79 Å². The lowest BCUT2D eigenvalue weighted by Crippen LogP contribution is -2.20. The highest BCUT2D eigenvalue weighted by molar-refractivity contribution is 9.10. The van der Waals surface area contributed by atoms with Crippen LogP contribution in [0.4, 0.5) is 10.5 Å². The number of rotatable bonds is 5. The first-order valence-corrected chi connectivity index (χ1v) is 8.72. The summed E-state index contributed by atoms with van der Waals surface area (Å²) in [6.07, 6.45) is 0. The molecule has 126 valence electrons. The SMILES string of the molecule is CN(C)C(=O)Sc1ccc(NC(=O)COc2ccc(Br)cc2)cc1. The summed E-state index contributed by atoms with van der Waals surface area (Å²) in [4.78, 5) is 25.8. The van der Waals surface area contributed by atoms with E-state index in [9.17, 15) is 9.59 Å². The van der Waals surface area contributed by atoms with E-state index < -0.39 is 0 Å². The van der Waals surface area contributed by atoms with Crippen LogP contribution in [0.2, 0.25) is 0 Å². The molecular formula is C17H17BrN2O3S. The molecule has 0 bridgehead atoms. The summed E-state index contributed by atoms with van der Waals surface area (Å²) in [5.41, 5.74) is 0.654. The lowest BCUT2D eigenvalue weighted by Gasteiger charge is -2.10. The predicted octanol–water partition coefficient (Wildman–Crippen LogP) is 4.24. The van der Waals surface area contributed by atoms with E-state index in [2.05, 4.69) is 21.2 Å². The lowest BCUT2D eigenvalue weighted by atomic mass is 10.3. The van der Waals surface area contributed by atoms with E-state index in [-0.39, 0.29) is 17.8 Å². The minimum atomic E-state index is -0.248. The number of thioether (sulfide) groups is 1. The number of hydrogen-bond donors (Lipinski definition) is 1. The number of carbonyl (C=O) groups is 2. The minimum Gasteiger partial charge on any atom is -0.484 e. The van der Waals surface area contributed by atoms with Gasteiger partial charge in [0.1, 0.15) is 5.75 Å². The molecule has 2 aromatic carbocycles. The van der Waals surface area contributed by atoms with Crippen molar-refractivity contribution in [2.45, 2.75) is 4.90 Å². The number of ether oxygens (including phenoxy) is 1. The maximum atomic E-state index is 11.9. The van der Waals surface area contributed by atoms with Crippen LogP contribution in [0.5, 0.6) is 5.75 Å². The summed E-state index contributed by atoms with van der Waals surface area (Å²) in [7, 11) is 3.41. The number of nitrogens with zero attached hydrogens (tertiary/aromatic N) is 1. The minimum absolute atomic E-state index is 0.0466. The Morgan fingerprint density at radius 3 is 2.29 bits per heavy atom. The smallest absolute Gasteiger partial charge is 0.285 e. The van der Waals surface area contributed by atoms with Crippen molar-refractivity contribution in [3.05, 3.63) is 53.0 Å². The molecule has 0 saturated heterocycles. The highest BCUT2D eigenvalue weighted by atomic mass is 79.9. The maximum Gasteiger partial charge on any atom is 0.285 e. The lowest BCUT2D eigenvalue weighted by molar-refractivity contribution is -0.118. The summed E-state index contributed by atoms with van der Waals surface area (Å²) in [5.74, 6) is 0.380. The Morgan fingerprint density at radius 1 is 1.08 bits per heavy atom. The first kappa shape index (κ1) is 18.4. The molecule has 0 unspecified atom stereocenters. The zero-order valence-electron chi connectivity index (χ0n) is 13.3. The van der Waals surface area contributed by atoms with Crippen LogP contribution >= 0.6 is 27.7 Å². The van der Waals surface area contributed by atoms with Crippen molar-refractivity contribution in [3.8, 4) is 5.75 Å². The van der Waals surface area contributed by atoms with Gasteiger partial charge in [-0.05, 0) is 60.3 Å². The fourth-order valence-corrected chi connectivity index (χ4v) is 2.60. The van der Waals surface area contributed by atoms with Crippen LogP contribution in [0.25, 0.3) is 0 Å². The average molecular weight is 409 g/mol. The van der Waals surface area contributed by atoms with Gasteiger partial charge < -0.3 is 15.0 Å². The second-order valence-corrected chi connectivity index (χ2v) is 7.02. The van der Waals surface area contributed by atoms with Crippen LogP contribution in [0.3, 0.4) is 0 Å². The molecule has 0 saturated carbocycles. The molecule has 0 aliphatic rings. The van der Waals surface area contributed by atoms with Crippen LogP contribution in [0.1, 0.15) is 0 Å². The van der Waals surface area contributed by atoms with Crippen LogP contribution in [0.15, 0.2) is 57.9 Å². The number of carbonyl (C=O) groups excluding carboxylic acids is 2. The van der Waals surface area contributed by atoms with Gasteiger partial charge in [-0.25, -0.2) is 0 Å². The van der Waals surface area contributed by atoms with Crippen LogP contribution in [0, 0.1) is 0 Å². The quantitative estimate of drug-likeness (QED) is 0.751. The van der Waals surface area contributed by atoms with E-state index >= 15 is 0 Å². The third-order valence-corrected chi connectivity index (χ3v) is 4.47. The molecule has 0 radical (unpaired) electrons. The normalized spacial score (nSPS) is 10.1. The third kappa shape index (κ3) is 5.90. The second-order valence-electron chi connectivity index (χ2n) is 5.08. The number of benzene rings is 2. The summed E-state index contributed by atoms with van der Waals surface area (Å²) in [5, 5.41) is 2.70. The molecule has 0 spiro atoms. The van der Waals surface area contributed by atoms with Gasteiger partial charge in [0, 0.05) is 29.2 Å². The van der Waals surface area contributed by atoms with Crippen molar-refractivity contribution in [2.75, 3.05) is 26.0 Å². The number of hydrogen-bond acceptors (Lipinski definition) is 4. The Kier molecular flexibility index (Phi) is 6.69. The number of anilines is 1. The number of halogens is 1. The Morgan fingerprint density at radius 2 is 1.71 bits per heavy atom. The molecule has 5 nitrogen and oxygen atoms in total. The first-order chi connectivity index (χ1) is 11.4. The van der Waals surface area contributed by atoms with E-state index in [1.54, 1.807) is 50.5 Å². The van der Waals surface area contributed by atoms with Gasteiger partial charge in [0.2, 0.25) is 0 Å². The van der Waals surface area contributed by atoms with E-state index in [1.807, 2.05) is 12.1 Å². The zero-order valence-corrected chi connectivity index (χ0v) is 15.7. The third-order valence-electron chi connectivity index (χ3n) is 2.89. The molecule has 0 aliphatic carbocycles. The Bertz CT molecular complexity index is 703. The largest absolute Gasteiger partial charge is 0.484 e. The Balaban J connectivity index is 1.83. The van der Waals surface area contributed by atoms with E-state index in [0.717, 1.165) is 21.1 Å². The molecule has 0 aromatic heterocycles. The summed E-state index contributed by atoms with van der Waals surface area (Å²) in [6, 6.07) is 14.3. The molecule has 0 fully saturated rings. The molecule has 2 aromatic rings. The molecule has 0 heterocycles. The molecule has 0 aliphatic heterocycles. The predicted molar refractivity (Wildman–Crippen MR) is 99.6 cm³/mol. The van der Waals surface area contributed by atoms with Crippen LogP contribution < -0.4 is 10.1 Å². The molecule has 7 heteroatoms. The van der Waals surface area contributed by atoms with Crippen molar-refractivity contribution >= 4 is 44.5 Å². The van der Waals surface area contributed by atoms with Gasteiger partial charge in [-0.1, -0.05) is 15.9 Å². The number of nitrogens with one attached hydrogen (secondary N) is 1. The molecular weight excluding hydrogens is 392 g/mol. The summed E-state index contributed by atoms with van der Waals surface area (Å²) < 4.78 is 6.36. The molecule has 1 N–H and O–H groups in total. The Labute approximate surface area is 153 Å². The van der Waals surface area contributed by atoms with Crippen LogP contribution in [-0.4, -0.2) is 36.7 Å². The molecule has 2 rings (SSSR count). The van der Waals surface area contributed by atoms with Gasteiger partial charge >= 0.3 is 0 Å². The average Bonchev–Trinajstić information content (AvgIpc) is 2.56. The molecule has 0 atom stereocenters. The van der Waals surface area contributed by atoms with Crippen molar-refractivity contribution in [3.63, 3.8) is 0 Å². The highest BCUT2D eigenvalue weighted by Gasteiger charge is 2.08. The van der Waals surface area contributed by atoms with Gasteiger partial charge in [0.05, 0.1) is 0 Å². The van der Waals surface area contributed by atoms with Crippen molar-refractivity contribution < 1.29 is 14.3 Å². The molecule has 2 amide bonds. The zero-order chi connectivity index (χ0) is 17.5. The van der Waals surface area contributed by atoms with Gasteiger partial charge in [0.15, 0.2) is 6.61 Å². The second kappa shape index (κ2) is 8.75. The van der Waals surface area contributed by atoms with E-state index in [1.165, 1.54) is 4.90 Å². The first-order valence-electron chi connectivity index (χ1n) is 7.11. The molecule has 24 heavy (non-hydrogen) atoms. The number of amides is 2. The topological polar surface area (TPSA) is 58.6 Å². The maximum absolute atomic E-state index is 11.9. The monoisotopic (exact) mass is 408 g/mol. The fourth-order valence-electron chi connectivity index (χ4n) is 1.68. The highest BCUT2D eigenvalue weighted by Crippen LogP contribution is 2.22.